The molecule has 2 aromatic heterocycles. The SMILES string of the molecule is CCC1=C(C(=O)OC)[C@@H](c2ccccc2)n2c(s/c(=C/c3ccc(-c4ccc([N+](=O)[O-])cc4C)o3)c2=O)=N1. The minimum absolute atomic E-state index is 0.00452. The summed E-state index contributed by atoms with van der Waals surface area (Å²) in [6.07, 6.45) is 2.14. The van der Waals surface area contributed by atoms with Gasteiger partial charge >= 0.3 is 5.97 Å². The highest BCUT2D eigenvalue weighted by Gasteiger charge is 2.33. The number of esters is 1. The highest BCUT2D eigenvalue weighted by Crippen LogP contribution is 2.32. The maximum atomic E-state index is 13.7. The van der Waals surface area contributed by atoms with E-state index in [1.807, 2.05) is 37.3 Å². The van der Waals surface area contributed by atoms with Crippen molar-refractivity contribution in [3.05, 3.63) is 119 Å². The van der Waals surface area contributed by atoms with Crippen molar-refractivity contribution in [2.75, 3.05) is 7.11 Å². The number of methoxy groups -OCH3 is 1. The molecule has 38 heavy (non-hydrogen) atoms. The van der Waals surface area contributed by atoms with E-state index in [-0.39, 0.29) is 11.2 Å². The number of hydrogen-bond donors (Lipinski definition) is 0. The highest BCUT2D eigenvalue weighted by molar-refractivity contribution is 7.07. The second kappa shape index (κ2) is 10.1. The van der Waals surface area contributed by atoms with Gasteiger partial charge in [-0.15, -0.1) is 0 Å². The highest BCUT2D eigenvalue weighted by atomic mass is 32.1. The molecule has 0 bridgehead atoms. The van der Waals surface area contributed by atoms with E-state index in [0.29, 0.717) is 44.1 Å². The average Bonchev–Trinajstić information content (AvgIpc) is 3.51. The molecule has 0 N–H and O–H groups in total. The molecule has 5 rings (SSSR count). The van der Waals surface area contributed by atoms with Crippen LogP contribution in [0.25, 0.3) is 17.4 Å². The Bertz CT molecular complexity index is 1780. The summed E-state index contributed by atoms with van der Waals surface area (Å²) in [6.45, 7) is 3.68. The van der Waals surface area contributed by atoms with E-state index in [1.165, 1.54) is 35.1 Å². The molecule has 1 aliphatic rings. The van der Waals surface area contributed by atoms with Crippen LogP contribution in [0.15, 0.2) is 86.1 Å². The van der Waals surface area contributed by atoms with Crippen LogP contribution in [0.3, 0.4) is 0 Å². The van der Waals surface area contributed by atoms with Gasteiger partial charge in [-0.1, -0.05) is 48.6 Å². The van der Waals surface area contributed by atoms with Crippen molar-refractivity contribution in [3.63, 3.8) is 0 Å². The second-order valence-corrected chi connectivity index (χ2v) is 9.67. The van der Waals surface area contributed by atoms with Crippen LogP contribution in [-0.4, -0.2) is 22.6 Å². The molecular weight excluding hydrogens is 506 g/mol. The molecule has 0 amide bonds. The third kappa shape index (κ3) is 4.39. The fourth-order valence-corrected chi connectivity index (χ4v) is 5.56. The lowest BCUT2D eigenvalue weighted by Gasteiger charge is -2.25. The predicted molar refractivity (Wildman–Crippen MR) is 142 cm³/mol. The van der Waals surface area contributed by atoms with Crippen LogP contribution in [0.1, 0.15) is 36.3 Å². The van der Waals surface area contributed by atoms with Crippen LogP contribution < -0.4 is 14.9 Å². The molecule has 1 atom stereocenters. The molecule has 0 radical (unpaired) electrons. The fraction of sp³-hybridized carbons (Fsp3) is 0.179. The lowest BCUT2D eigenvalue weighted by molar-refractivity contribution is -0.384. The molecule has 0 saturated carbocycles. The van der Waals surface area contributed by atoms with Crippen LogP contribution >= 0.6 is 11.3 Å². The molecule has 1 aliphatic heterocycles. The summed E-state index contributed by atoms with van der Waals surface area (Å²) in [5, 5.41) is 11.1. The molecule has 10 heteroatoms. The number of ether oxygens (including phenoxy) is 1. The zero-order valence-electron chi connectivity index (χ0n) is 20.8. The second-order valence-electron chi connectivity index (χ2n) is 8.66. The van der Waals surface area contributed by atoms with E-state index in [9.17, 15) is 19.7 Å². The van der Waals surface area contributed by atoms with Crippen molar-refractivity contribution in [2.24, 2.45) is 4.99 Å². The first-order valence-corrected chi connectivity index (χ1v) is 12.7. The summed E-state index contributed by atoms with van der Waals surface area (Å²) in [7, 11) is 1.32. The van der Waals surface area contributed by atoms with Gasteiger partial charge in [-0.2, -0.15) is 0 Å². The van der Waals surface area contributed by atoms with Gasteiger partial charge in [0, 0.05) is 23.8 Å². The van der Waals surface area contributed by atoms with Crippen molar-refractivity contribution in [1.29, 1.82) is 0 Å². The largest absolute Gasteiger partial charge is 0.466 e. The zero-order valence-corrected chi connectivity index (χ0v) is 21.7. The molecule has 0 aliphatic carbocycles. The van der Waals surface area contributed by atoms with Crippen molar-refractivity contribution >= 4 is 29.1 Å². The minimum Gasteiger partial charge on any atom is -0.466 e. The van der Waals surface area contributed by atoms with Gasteiger partial charge in [0.2, 0.25) is 0 Å². The van der Waals surface area contributed by atoms with E-state index >= 15 is 0 Å². The summed E-state index contributed by atoms with van der Waals surface area (Å²) >= 11 is 1.22. The molecule has 0 fully saturated rings. The lowest BCUT2D eigenvalue weighted by atomic mass is 9.95. The number of benzene rings is 2. The molecule has 0 spiro atoms. The third-order valence-electron chi connectivity index (χ3n) is 6.35. The molecule has 192 valence electrons. The van der Waals surface area contributed by atoms with E-state index in [1.54, 1.807) is 31.2 Å². The number of nitrogens with zero attached hydrogens (tertiary/aromatic N) is 3. The van der Waals surface area contributed by atoms with Crippen molar-refractivity contribution in [2.45, 2.75) is 26.3 Å². The molecule has 0 unspecified atom stereocenters. The van der Waals surface area contributed by atoms with Crippen molar-refractivity contribution < 1.29 is 18.9 Å². The van der Waals surface area contributed by atoms with Gasteiger partial charge in [0.15, 0.2) is 4.80 Å². The van der Waals surface area contributed by atoms with Crippen molar-refractivity contribution in [3.8, 4) is 11.3 Å². The van der Waals surface area contributed by atoms with E-state index in [2.05, 4.69) is 4.99 Å². The number of thiazole rings is 1. The molecule has 9 nitrogen and oxygen atoms in total. The number of carbonyl (C=O) groups excluding carboxylic acids is 1. The van der Waals surface area contributed by atoms with Gasteiger partial charge < -0.3 is 9.15 Å². The Hall–Kier alpha value is -4.57. The quantitative estimate of drug-likeness (QED) is 0.209. The predicted octanol–water partition coefficient (Wildman–Crippen LogP) is 4.27. The smallest absolute Gasteiger partial charge is 0.338 e. The monoisotopic (exact) mass is 529 g/mol. The van der Waals surface area contributed by atoms with Crippen molar-refractivity contribution in [1.82, 2.24) is 4.57 Å². The summed E-state index contributed by atoms with van der Waals surface area (Å²) in [5.74, 6) is 0.449. The Balaban J connectivity index is 1.62. The third-order valence-corrected chi connectivity index (χ3v) is 7.33. The van der Waals surface area contributed by atoms with Gasteiger partial charge in [0.1, 0.15) is 11.5 Å². The molecular formula is C28H23N3O6S. The van der Waals surface area contributed by atoms with E-state index in [4.69, 9.17) is 9.15 Å². The number of carbonyl (C=O) groups is 1. The molecule has 3 heterocycles. The average molecular weight is 530 g/mol. The Kier molecular flexibility index (Phi) is 6.64. The van der Waals surface area contributed by atoms with Gasteiger partial charge in [0.05, 0.1) is 33.9 Å². The van der Waals surface area contributed by atoms with Crippen LogP contribution in [0.5, 0.6) is 0 Å². The number of hydrogen-bond acceptors (Lipinski definition) is 8. The number of furan rings is 1. The number of fused-ring (bicyclic) bond motifs is 1. The number of aryl methyl sites for hydroxylation is 1. The Morgan fingerprint density at radius 1 is 1.21 bits per heavy atom. The topological polar surface area (TPSA) is 117 Å². The van der Waals surface area contributed by atoms with Crippen LogP contribution in [0.2, 0.25) is 0 Å². The lowest BCUT2D eigenvalue weighted by Crippen LogP contribution is -2.40. The first-order chi connectivity index (χ1) is 18.3. The maximum absolute atomic E-state index is 13.7. The maximum Gasteiger partial charge on any atom is 0.338 e. The van der Waals surface area contributed by atoms with E-state index in [0.717, 1.165) is 11.1 Å². The minimum atomic E-state index is -0.674. The first kappa shape index (κ1) is 25.1. The normalized spacial score (nSPS) is 15.2. The summed E-state index contributed by atoms with van der Waals surface area (Å²) in [6, 6.07) is 16.7. The standard InChI is InChI=1S/C28H23N3O6S/c1-4-21-24(27(33)36-3)25(17-8-6-5-7-9-17)30-26(32)23(38-28(30)29-21)15-19-11-13-22(37-19)20-12-10-18(31(34)35)14-16(20)2/h5-15,25H,4H2,1-3H3/b23-15+/t25-/m1/s1. The van der Waals surface area contributed by atoms with Crippen LogP contribution in [0.4, 0.5) is 5.69 Å². The Labute approximate surface area is 220 Å². The number of allylic oxidation sites excluding steroid dienone is 1. The summed E-state index contributed by atoms with van der Waals surface area (Å²) in [4.78, 5) is 42.3. The Morgan fingerprint density at radius 3 is 2.63 bits per heavy atom. The molecule has 2 aromatic carbocycles. The number of nitro groups is 1. The van der Waals surface area contributed by atoms with Crippen LogP contribution in [0, 0.1) is 17.0 Å². The first-order valence-electron chi connectivity index (χ1n) is 11.9. The zero-order chi connectivity index (χ0) is 27.0. The van der Waals surface area contributed by atoms with Gasteiger partial charge in [-0.05, 0) is 42.7 Å². The van der Waals surface area contributed by atoms with Crippen LogP contribution in [-0.2, 0) is 9.53 Å². The van der Waals surface area contributed by atoms with Gasteiger partial charge in [-0.3, -0.25) is 19.5 Å². The fourth-order valence-electron chi connectivity index (χ4n) is 4.56. The van der Waals surface area contributed by atoms with Gasteiger partial charge in [-0.25, -0.2) is 9.79 Å². The number of rotatable bonds is 6. The number of non-ortho nitro benzene ring substituents is 1. The summed E-state index contributed by atoms with van der Waals surface area (Å²) in [5.41, 5.74) is 2.81. The summed E-state index contributed by atoms with van der Waals surface area (Å²) < 4.78 is 13.0. The van der Waals surface area contributed by atoms with Gasteiger partial charge in [0.25, 0.3) is 11.2 Å². The molecule has 0 saturated heterocycles. The Morgan fingerprint density at radius 2 is 1.97 bits per heavy atom. The van der Waals surface area contributed by atoms with E-state index < -0.39 is 16.9 Å². The molecule has 4 aromatic rings. The number of nitro benzene ring substituents is 1. The number of aromatic nitrogens is 1.